The van der Waals surface area contributed by atoms with Crippen molar-refractivity contribution in [3.63, 3.8) is 0 Å². The molecule has 0 spiro atoms. The molecule has 1 N–H and O–H groups in total. The first-order valence-corrected chi connectivity index (χ1v) is 3.26. The zero-order valence-corrected chi connectivity index (χ0v) is 5.92. The summed E-state index contributed by atoms with van der Waals surface area (Å²) in [5.41, 5.74) is 0. The molecule has 0 aromatic carbocycles. The minimum absolute atomic E-state index is 0.251. The van der Waals surface area contributed by atoms with Gasteiger partial charge in [0.15, 0.2) is 0 Å². The molecule has 0 rings (SSSR count). The highest BCUT2D eigenvalue weighted by atomic mass is 16.4. The summed E-state index contributed by atoms with van der Waals surface area (Å²) in [6.07, 6.45) is 7.19. The van der Waals surface area contributed by atoms with E-state index in [2.05, 4.69) is 6.58 Å². The molecule has 0 aromatic rings. The van der Waals surface area contributed by atoms with Gasteiger partial charge in [0.25, 0.3) is 0 Å². The Balaban J connectivity index is 3.12. The normalized spacial score (nSPS) is 10.0. The molecule has 0 saturated heterocycles. The predicted octanol–water partition coefficient (Wildman–Crippen LogP) is 1.98. The molecule has 0 amide bonds. The third-order valence-electron chi connectivity index (χ3n) is 1.03. The van der Waals surface area contributed by atoms with Crippen molar-refractivity contribution in [2.45, 2.75) is 19.3 Å². The Morgan fingerprint density at radius 3 is 2.80 bits per heavy atom. The number of unbranched alkanes of at least 4 members (excludes halogenated alkanes) is 1. The van der Waals surface area contributed by atoms with Gasteiger partial charge in [-0.25, -0.2) is 0 Å². The van der Waals surface area contributed by atoms with Crippen molar-refractivity contribution in [2.75, 3.05) is 0 Å². The highest BCUT2D eigenvalue weighted by Crippen LogP contribution is 1.95. The van der Waals surface area contributed by atoms with Gasteiger partial charge in [-0.05, 0) is 12.8 Å². The van der Waals surface area contributed by atoms with Crippen LogP contribution in [0, 0.1) is 0 Å². The largest absolute Gasteiger partial charge is 0.481 e. The SMILES string of the molecule is C=CC=CCCCC(=O)O. The Morgan fingerprint density at radius 2 is 2.30 bits per heavy atom. The van der Waals surface area contributed by atoms with E-state index >= 15 is 0 Å². The molecular formula is C8H12O2. The predicted molar refractivity (Wildman–Crippen MR) is 40.8 cm³/mol. The average molecular weight is 140 g/mol. The fourth-order valence-corrected chi connectivity index (χ4v) is 0.564. The number of carbonyl (C=O) groups is 1. The Hall–Kier alpha value is -1.05. The summed E-state index contributed by atoms with van der Waals surface area (Å²) in [5.74, 6) is -0.730. The Morgan fingerprint density at radius 1 is 1.60 bits per heavy atom. The van der Waals surface area contributed by atoms with E-state index in [1.54, 1.807) is 6.08 Å². The van der Waals surface area contributed by atoms with Crippen LogP contribution in [0.1, 0.15) is 19.3 Å². The van der Waals surface area contributed by atoms with Gasteiger partial charge in [-0.15, -0.1) is 0 Å². The molecule has 0 aliphatic rings. The number of carboxylic acids is 1. The fraction of sp³-hybridized carbons (Fsp3) is 0.375. The van der Waals surface area contributed by atoms with Gasteiger partial charge in [-0.2, -0.15) is 0 Å². The monoisotopic (exact) mass is 140 g/mol. The molecule has 0 fully saturated rings. The van der Waals surface area contributed by atoms with Crippen molar-refractivity contribution < 1.29 is 9.90 Å². The summed E-state index contributed by atoms with van der Waals surface area (Å²) in [7, 11) is 0. The molecule has 2 nitrogen and oxygen atoms in total. The number of hydrogen-bond acceptors (Lipinski definition) is 1. The van der Waals surface area contributed by atoms with Crippen LogP contribution in [0.25, 0.3) is 0 Å². The van der Waals surface area contributed by atoms with E-state index in [9.17, 15) is 4.79 Å². The van der Waals surface area contributed by atoms with E-state index in [0.717, 1.165) is 6.42 Å². The van der Waals surface area contributed by atoms with Gasteiger partial charge >= 0.3 is 5.97 Å². The molecule has 0 bridgehead atoms. The summed E-state index contributed by atoms with van der Waals surface area (Å²) in [6, 6.07) is 0. The van der Waals surface area contributed by atoms with Gasteiger partial charge in [0.1, 0.15) is 0 Å². The average Bonchev–Trinajstić information content (AvgIpc) is 1.87. The lowest BCUT2D eigenvalue weighted by atomic mass is 10.2. The third-order valence-corrected chi connectivity index (χ3v) is 1.03. The topological polar surface area (TPSA) is 37.3 Å². The van der Waals surface area contributed by atoms with E-state index in [4.69, 9.17) is 5.11 Å². The van der Waals surface area contributed by atoms with Crippen LogP contribution in [0.2, 0.25) is 0 Å². The first-order valence-electron chi connectivity index (χ1n) is 3.26. The van der Waals surface area contributed by atoms with Gasteiger partial charge in [0, 0.05) is 6.42 Å². The lowest BCUT2D eigenvalue weighted by Crippen LogP contribution is -1.92. The van der Waals surface area contributed by atoms with Gasteiger partial charge in [0.2, 0.25) is 0 Å². The second-order valence-electron chi connectivity index (χ2n) is 1.95. The summed E-state index contributed by atoms with van der Waals surface area (Å²) < 4.78 is 0. The van der Waals surface area contributed by atoms with Gasteiger partial charge < -0.3 is 5.11 Å². The number of carboxylic acid groups (broad SMARTS) is 1. The van der Waals surface area contributed by atoms with Crippen molar-refractivity contribution in [2.24, 2.45) is 0 Å². The van der Waals surface area contributed by atoms with Gasteiger partial charge in [-0.1, -0.05) is 24.8 Å². The summed E-state index contributed by atoms with van der Waals surface area (Å²) in [4.78, 5) is 9.99. The van der Waals surface area contributed by atoms with Crippen LogP contribution in [0.15, 0.2) is 24.8 Å². The van der Waals surface area contributed by atoms with E-state index in [1.807, 2.05) is 12.2 Å². The van der Waals surface area contributed by atoms with Crippen molar-refractivity contribution in [3.05, 3.63) is 24.8 Å². The first-order chi connectivity index (χ1) is 4.77. The molecular weight excluding hydrogens is 128 g/mol. The number of allylic oxidation sites excluding steroid dienone is 3. The van der Waals surface area contributed by atoms with Crippen LogP contribution in [-0.2, 0) is 4.79 Å². The molecule has 56 valence electrons. The van der Waals surface area contributed by atoms with Crippen LogP contribution < -0.4 is 0 Å². The van der Waals surface area contributed by atoms with E-state index < -0.39 is 5.97 Å². The molecule has 0 aromatic heterocycles. The van der Waals surface area contributed by atoms with Crippen molar-refractivity contribution in [1.82, 2.24) is 0 Å². The van der Waals surface area contributed by atoms with Crippen LogP contribution in [0.4, 0.5) is 0 Å². The Kier molecular flexibility index (Phi) is 5.44. The molecule has 0 heterocycles. The second-order valence-corrected chi connectivity index (χ2v) is 1.95. The second kappa shape index (κ2) is 6.08. The summed E-state index contributed by atoms with van der Waals surface area (Å²) in [6.45, 7) is 3.49. The van der Waals surface area contributed by atoms with Crippen molar-refractivity contribution in [1.29, 1.82) is 0 Å². The fourth-order valence-electron chi connectivity index (χ4n) is 0.564. The van der Waals surface area contributed by atoms with Gasteiger partial charge in [0.05, 0.1) is 0 Å². The van der Waals surface area contributed by atoms with Crippen LogP contribution in [-0.4, -0.2) is 11.1 Å². The lowest BCUT2D eigenvalue weighted by molar-refractivity contribution is -0.137. The van der Waals surface area contributed by atoms with Crippen LogP contribution in [0.3, 0.4) is 0 Å². The molecule has 0 atom stereocenters. The van der Waals surface area contributed by atoms with Crippen LogP contribution >= 0.6 is 0 Å². The van der Waals surface area contributed by atoms with Crippen LogP contribution in [0.5, 0.6) is 0 Å². The minimum atomic E-state index is -0.730. The zero-order chi connectivity index (χ0) is 7.82. The van der Waals surface area contributed by atoms with E-state index in [-0.39, 0.29) is 6.42 Å². The quantitative estimate of drug-likeness (QED) is 0.468. The molecule has 0 aliphatic heterocycles. The van der Waals surface area contributed by atoms with Crippen molar-refractivity contribution >= 4 is 5.97 Å². The standard InChI is InChI=1S/C8H12O2/c1-2-3-4-5-6-7-8(9)10/h2-4H,1,5-7H2,(H,9,10). The Labute approximate surface area is 60.9 Å². The maximum atomic E-state index is 9.99. The maximum absolute atomic E-state index is 9.99. The zero-order valence-electron chi connectivity index (χ0n) is 5.92. The molecule has 0 saturated carbocycles. The van der Waals surface area contributed by atoms with E-state index in [1.165, 1.54) is 0 Å². The van der Waals surface area contributed by atoms with Gasteiger partial charge in [-0.3, -0.25) is 4.79 Å². The number of aliphatic carboxylic acids is 1. The minimum Gasteiger partial charge on any atom is -0.481 e. The maximum Gasteiger partial charge on any atom is 0.303 e. The molecule has 0 aliphatic carbocycles. The number of hydrogen-bond donors (Lipinski definition) is 1. The summed E-state index contributed by atoms with van der Waals surface area (Å²) >= 11 is 0. The highest BCUT2D eigenvalue weighted by Gasteiger charge is 1.92. The number of rotatable bonds is 5. The molecule has 2 heteroatoms. The molecule has 0 unspecified atom stereocenters. The third kappa shape index (κ3) is 6.95. The van der Waals surface area contributed by atoms with Crippen molar-refractivity contribution in [3.8, 4) is 0 Å². The van der Waals surface area contributed by atoms with E-state index in [0.29, 0.717) is 6.42 Å². The lowest BCUT2D eigenvalue weighted by Gasteiger charge is -1.88. The smallest absolute Gasteiger partial charge is 0.303 e. The first kappa shape index (κ1) is 8.95. The Bertz CT molecular complexity index is 136. The highest BCUT2D eigenvalue weighted by molar-refractivity contribution is 5.66. The molecule has 10 heavy (non-hydrogen) atoms. The summed E-state index contributed by atoms with van der Waals surface area (Å²) in [5, 5.41) is 8.23. The molecule has 0 radical (unpaired) electrons.